The van der Waals surface area contributed by atoms with E-state index in [1.807, 2.05) is 20.8 Å². The van der Waals surface area contributed by atoms with E-state index in [1.54, 1.807) is 13.8 Å². The number of Topliss-reactive ketones (excluding diaryl/α,β-unsaturated/α-hetero) is 2. The molecule has 176 valence electrons. The van der Waals surface area contributed by atoms with E-state index in [9.17, 15) is 29.4 Å². The maximum Gasteiger partial charge on any atom is 0.407 e. The molecule has 8 nitrogen and oxygen atoms in total. The fourth-order valence-corrected chi connectivity index (χ4v) is 3.45. The molecule has 2 amide bonds. The molecule has 0 spiro atoms. The lowest BCUT2D eigenvalue weighted by Crippen LogP contribution is -2.40. The normalized spacial score (nSPS) is 12.0. The molecule has 31 heavy (non-hydrogen) atoms. The monoisotopic (exact) mass is 438 g/mol. The van der Waals surface area contributed by atoms with Crippen LogP contribution in [0.5, 0.6) is 0 Å². The van der Waals surface area contributed by atoms with Crippen molar-refractivity contribution in [2.45, 2.75) is 60.3 Å². The van der Waals surface area contributed by atoms with E-state index in [-0.39, 0.29) is 55.4 Å². The first-order valence-electron chi connectivity index (χ1n) is 10.5. The number of rotatable bonds is 15. The molecular weight excluding hydrogens is 400 g/mol. The van der Waals surface area contributed by atoms with Gasteiger partial charge in [0.2, 0.25) is 0 Å². The number of hydrogen-bond acceptors (Lipinski definition) is 4. The number of carbonyl (C=O) groups is 4. The zero-order valence-corrected chi connectivity index (χ0v) is 19.6. The molecule has 0 heterocycles. The SMILES string of the molecule is C=C(C)C(=O)CCN(CCC(C)CC(C)(C)CN(CCC(=O)C(=C)C)C(=O)O)C(=O)O. The van der Waals surface area contributed by atoms with Crippen molar-refractivity contribution in [3.8, 4) is 0 Å². The second kappa shape index (κ2) is 12.9. The topological polar surface area (TPSA) is 115 Å². The average Bonchev–Trinajstić information content (AvgIpc) is 2.63. The lowest BCUT2D eigenvalue weighted by Gasteiger charge is -2.33. The first kappa shape index (κ1) is 28.4. The maximum absolute atomic E-state index is 11.8. The van der Waals surface area contributed by atoms with Crippen molar-refractivity contribution in [3.05, 3.63) is 24.3 Å². The summed E-state index contributed by atoms with van der Waals surface area (Å²) in [7, 11) is 0. The number of hydrogen-bond donors (Lipinski definition) is 2. The Morgan fingerprint density at radius 2 is 1.26 bits per heavy atom. The molecule has 0 radical (unpaired) electrons. The Morgan fingerprint density at radius 3 is 1.65 bits per heavy atom. The second-order valence-electron chi connectivity index (χ2n) is 9.14. The van der Waals surface area contributed by atoms with Gasteiger partial charge in [-0.2, -0.15) is 0 Å². The summed E-state index contributed by atoms with van der Waals surface area (Å²) < 4.78 is 0. The molecule has 0 rings (SSSR count). The summed E-state index contributed by atoms with van der Waals surface area (Å²) >= 11 is 0. The molecule has 2 N–H and O–H groups in total. The number of amides is 2. The molecule has 1 unspecified atom stereocenters. The number of carboxylic acid groups (broad SMARTS) is 2. The van der Waals surface area contributed by atoms with Crippen LogP contribution in [0.2, 0.25) is 0 Å². The Morgan fingerprint density at radius 1 is 0.839 bits per heavy atom. The van der Waals surface area contributed by atoms with Crippen LogP contribution in [0.25, 0.3) is 0 Å². The molecule has 0 saturated carbocycles. The summed E-state index contributed by atoms with van der Waals surface area (Å²) in [6, 6.07) is 0. The highest BCUT2D eigenvalue weighted by Gasteiger charge is 2.27. The zero-order valence-electron chi connectivity index (χ0n) is 19.6. The zero-order chi connectivity index (χ0) is 24.4. The van der Waals surface area contributed by atoms with Crippen LogP contribution >= 0.6 is 0 Å². The molecule has 0 aliphatic rings. The van der Waals surface area contributed by atoms with Gasteiger partial charge in [-0.25, -0.2) is 9.59 Å². The predicted molar refractivity (Wildman–Crippen MR) is 120 cm³/mol. The summed E-state index contributed by atoms with van der Waals surface area (Å²) in [5.41, 5.74) is 0.466. The van der Waals surface area contributed by atoms with Crippen LogP contribution in [0.15, 0.2) is 24.3 Å². The minimum absolute atomic E-state index is 0.101. The van der Waals surface area contributed by atoms with Crippen LogP contribution in [0.1, 0.15) is 60.3 Å². The van der Waals surface area contributed by atoms with Crippen molar-refractivity contribution in [1.29, 1.82) is 0 Å². The average molecular weight is 439 g/mol. The molecule has 1 atom stereocenters. The van der Waals surface area contributed by atoms with Crippen LogP contribution in [0, 0.1) is 11.3 Å². The third kappa shape index (κ3) is 12.0. The Balaban J connectivity index is 4.77. The van der Waals surface area contributed by atoms with Gasteiger partial charge in [-0.1, -0.05) is 33.9 Å². The summed E-state index contributed by atoms with van der Waals surface area (Å²) in [5, 5.41) is 18.9. The van der Waals surface area contributed by atoms with Crippen LogP contribution in [0.3, 0.4) is 0 Å². The fourth-order valence-electron chi connectivity index (χ4n) is 3.45. The summed E-state index contributed by atoms with van der Waals surface area (Å²) in [5.74, 6) is -0.169. The summed E-state index contributed by atoms with van der Waals surface area (Å²) in [6.07, 6.45) is -0.654. The molecule has 0 aromatic carbocycles. The van der Waals surface area contributed by atoms with E-state index < -0.39 is 12.2 Å². The van der Waals surface area contributed by atoms with Gasteiger partial charge < -0.3 is 20.0 Å². The van der Waals surface area contributed by atoms with Crippen LogP contribution in [-0.4, -0.2) is 69.9 Å². The molecular formula is C23H38N2O6. The lowest BCUT2D eigenvalue weighted by molar-refractivity contribution is -0.116. The van der Waals surface area contributed by atoms with Gasteiger partial charge in [0.15, 0.2) is 11.6 Å². The van der Waals surface area contributed by atoms with Gasteiger partial charge in [0, 0.05) is 39.0 Å². The van der Waals surface area contributed by atoms with Crippen molar-refractivity contribution in [2.75, 3.05) is 26.2 Å². The summed E-state index contributed by atoms with van der Waals surface area (Å²) in [4.78, 5) is 49.0. The van der Waals surface area contributed by atoms with E-state index in [0.29, 0.717) is 30.5 Å². The number of nitrogens with zero attached hydrogens (tertiary/aromatic N) is 2. The van der Waals surface area contributed by atoms with Crippen molar-refractivity contribution in [3.63, 3.8) is 0 Å². The molecule has 8 heteroatoms. The molecule has 0 bridgehead atoms. The molecule has 0 aliphatic heterocycles. The first-order valence-corrected chi connectivity index (χ1v) is 10.5. The van der Waals surface area contributed by atoms with Gasteiger partial charge >= 0.3 is 12.2 Å². The number of carbonyl (C=O) groups excluding carboxylic acids is 2. The Hall–Kier alpha value is -2.64. The van der Waals surface area contributed by atoms with Crippen LogP contribution < -0.4 is 0 Å². The van der Waals surface area contributed by atoms with Gasteiger partial charge in [-0.05, 0) is 49.2 Å². The van der Waals surface area contributed by atoms with E-state index in [1.165, 1.54) is 9.80 Å². The highest BCUT2D eigenvalue weighted by molar-refractivity contribution is 5.94. The van der Waals surface area contributed by atoms with Gasteiger partial charge in [0.1, 0.15) is 0 Å². The van der Waals surface area contributed by atoms with Crippen LogP contribution in [0.4, 0.5) is 9.59 Å². The Bertz CT molecular complexity index is 698. The highest BCUT2D eigenvalue weighted by Crippen LogP contribution is 2.28. The lowest BCUT2D eigenvalue weighted by atomic mass is 9.81. The predicted octanol–water partition coefficient (Wildman–Crippen LogP) is 4.46. The smallest absolute Gasteiger partial charge is 0.407 e. The standard InChI is InChI=1S/C23H38N2O6/c1-16(2)19(26)9-12-24(21(28)29)11-8-18(5)14-23(6,7)15-25(22(30)31)13-10-20(27)17(3)4/h18H,1,3,8-15H2,2,4-7H3,(H,28,29)(H,30,31). The van der Waals surface area contributed by atoms with Crippen molar-refractivity contribution >= 4 is 23.8 Å². The van der Waals surface area contributed by atoms with Crippen molar-refractivity contribution in [2.24, 2.45) is 11.3 Å². The van der Waals surface area contributed by atoms with E-state index in [4.69, 9.17) is 0 Å². The third-order valence-electron chi connectivity index (χ3n) is 5.12. The minimum Gasteiger partial charge on any atom is -0.465 e. The quantitative estimate of drug-likeness (QED) is 0.365. The number of ketones is 2. The fraction of sp³-hybridized carbons (Fsp3) is 0.652. The number of allylic oxidation sites excluding steroid dienone is 2. The first-order chi connectivity index (χ1) is 14.2. The maximum atomic E-state index is 11.8. The van der Waals surface area contributed by atoms with E-state index >= 15 is 0 Å². The largest absolute Gasteiger partial charge is 0.465 e. The third-order valence-corrected chi connectivity index (χ3v) is 5.12. The Kier molecular flexibility index (Phi) is 11.8. The van der Waals surface area contributed by atoms with Gasteiger partial charge in [-0.15, -0.1) is 0 Å². The van der Waals surface area contributed by atoms with Crippen LogP contribution in [-0.2, 0) is 9.59 Å². The van der Waals surface area contributed by atoms with Gasteiger partial charge in [-0.3, -0.25) is 9.59 Å². The van der Waals surface area contributed by atoms with Crippen molar-refractivity contribution < 1.29 is 29.4 Å². The molecule has 0 aliphatic carbocycles. The molecule has 0 fully saturated rings. The van der Waals surface area contributed by atoms with Gasteiger partial charge in [0.05, 0.1) is 0 Å². The second-order valence-corrected chi connectivity index (χ2v) is 9.14. The Labute approximate surface area is 185 Å². The molecule has 0 aromatic heterocycles. The van der Waals surface area contributed by atoms with E-state index in [2.05, 4.69) is 13.2 Å². The van der Waals surface area contributed by atoms with E-state index in [0.717, 1.165) is 0 Å². The van der Waals surface area contributed by atoms with Gasteiger partial charge in [0.25, 0.3) is 0 Å². The molecule has 0 aromatic rings. The van der Waals surface area contributed by atoms with Crippen molar-refractivity contribution in [1.82, 2.24) is 9.80 Å². The molecule has 0 saturated heterocycles. The minimum atomic E-state index is -1.07. The highest BCUT2D eigenvalue weighted by atomic mass is 16.4. The summed E-state index contributed by atoms with van der Waals surface area (Å²) in [6.45, 7) is 17.1.